The minimum Gasteiger partial charge on any atom is -0.343 e. The summed E-state index contributed by atoms with van der Waals surface area (Å²) in [7, 11) is 0. The number of benzene rings is 2. The molecule has 0 aliphatic carbocycles. The molecule has 2 aromatic carbocycles. The number of carbonyl (C=O) groups is 3. The zero-order chi connectivity index (χ0) is 19.9. The smallest absolute Gasteiger partial charge is 0.253 e. The summed E-state index contributed by atoms with van der Waals surface area (Å²) >= 11 is 6.00. The zero-order valence-electron chi connectivity index (χ0n) is 15.4. The average molecular weight is 400 g/mol. The van der Waals surface area contributed by atoms with E-state index in [2.05, 4.69) is 10.6 Å². The fourth-order valence-corrected chi connectivity index (χ4v) is 3.41. The van der Waals surface area contributed by atoms with Gasteiger partial charge in [-0.2, -0.15) is 0 Å². The Labute approximate surface area is 168 Å². The molecule has 6 nitrogen and oxygen atoms in total. The molecular formula is C21H22ClN3O3. The van der Waals surface area contributed by atoms with E-state index in [0.29, 0.717) is 23.7 Å². The molecule has 1 heterocycles. The number of carbonyl (C=O) groups excluding carboxylic acids is 3. The molecule has 1 unspecified atom stereocenters. The Kier molecular flexibility index (Phi) is 6.66. The van der Waals surface area contributed by atoms with Gasteiger partial charge in [0, 0.05) is 18.8 Å². The lowest BCUT2D eigenvalue weighted by Crippen LogP contribution is -2.47. The number of nitrogens with one attached hydrogen (secondary N) is 2. The van der Waals surface area contributed by atoms with Gasteiger partial charge in [-0.1, -0.05) is 41.9 Å². The van der Waals surface area contributed by atoms with Crippen molar-refractivity contribution >= 4 is 35.0 Å². The van der Waals surface area contributed by atoms with Gasteiger partial charge in [-0.05, 0) is 37.1 Å². The van der Waals surface area contributed by atoms with E-state index in [1.165, 1.54) is 0 Å². The lowest BCUT2D eigenvalue weighted by Gasteiger charge is -2.32. The van der Waals surface area contributed by atoms with Gasteiger partial charge in [0.2, 0.25) is 11.8 Å². The minimum absolute atomic E-state index is 0.0937. The fraction of sp³-hybridized carbons (Fsp3) is 0.286. The predicted octanol–water partition coefficient (Wildman–Crippen LogP) is 2.95. The lowest BCUT2D eigenvalue weighted by atomic mass is 9.97. The van der Waals surface area contributed by atoms with Crippen LogP contribution in [0.25, 0.3) is 0 Å². The molecule has 1 aliphatic heterocycles. The van der Waals surface area contributed by atoms with Crippen LogP contribution in [-0.2, 0) is 9.59 Å². The van der Waals surface area contributed by atoms with Gasteiger partial charge in [0.05, 0.1) is 23.0 Å². The van der Waals surface area contributed by atoms with Crippen molar-refractivity contribution in [2.75, 3.05) is 25.0 Å². The van der Waals surface area contributed by atoms with Crippen LogP contribution in [0, 0.1) is 5.92 Å². The summed E-state index contributed by atoms with van der Waals surface area (Å²) in [4.78, 5) is 38.8. The van der Waals surface area contributed by atoms with Crippen LogP contribution in [0.2, 0.25) is 5.02 Å². The van der Waals surface area contributed by atoms with Crippen molar-refractivity contribution in [3.05, 3.63) is 65.2 Å². The van der Waals surface area contributed by atoms with Gasteiger partial charge in [-0.25, -0.2) is 0 Å². The van der Waals surface area contributed by atoms with Crippen molar-refractivity contribution in [1.82, 2.24) is 10.2 Å². The predicted molar refractivity (Wildman–Crippen MR) is 108 cm³/mol. The van der Waals surface area contributed by atoms with E-state index in [9.17, 15) is 14.4 Å². The van der Waals surface area contributed by atoms with E-state index in [4.69, 9.17) is 11.6 Å². The molecule has 0 saturated carbocycles. The zero-order valence-corrected chi connectivity index (χ0v) is 16.1. The Balaban J connectivity index is 1.52. The van der Waals surface area contributed by atoms with Gasteiger partial charge < -0.3 is 15.5 Å². The standard InChI is InChI=1S/C21H22ClN3O3/c22-18-11-5-4-10-17(18)21(28)23-13-19(26)25-12-6-7-15(14-25)20(27)24-16-8-2-1-3-9-16/h1-5,8-11,15H,6-7,12-14H2,(H,23,28)(H,24,27). The van der Waals surface area contributed by atoms with Gasteiger partial charge in [0.1, 0.15) is 0 Å². The number of likely N-dealkylation sites (tertiary alicyclic amines) is 1. The number of hydrogen-bond acceptors (Lipinski definition) is 3. The van der Waals surface area contributed by atoms with E-state index in [1.54, 1.807) is 29.2 Å². The third kappa shape index (κ3) is 5.10. The molecule has 3 amide bonds. The highest BCUT2D eigenvalue weighted by molar-refractivity contribution is 6.33. The van der Waals surface area contributed by atoms with Crippen LogP contribution >= 0.6 is 11.6 Å². The molecule has 7 heteroatoms. The average Bonchev–Trinajstić information content (AvgIpc) is 2.73. The first-order valence-electron chi connectivity index (χ1n) is 9.21. The summed E-state index contributed by atoms with van der Waals surface area (Å²) in [5.41, 5.74) is 1.07. The normalized spacial score (nSPS) is 16.3. The molecule has 0 radical (unpaired) electrons. The Morgan fingerprint density at radius 1 is 1.04 bits per heavy atom. The summed E-state index contributed by atoms with van der Waals surface area (Å²) in [6.07, 6.45) is 1.48. The topological polar surface area (TPSA) is 78.5 Å². The maximum atomic E-state index is 12.5. The SMILES string of the molecule is O=C(NCC(=O)N1CCCC(C(=O)Nc2ccccc2)C1)c1ccccc1Cl. The number of rotatable bonds is 5. The Hall–Kier alpha value is -2.86. The Bertz CT molecular complexity index is 857. The Morgan fingerprint density at radius 2 is 1.75 bits per heavy atom. The summed E-state index contributed by atoms with van der Waals surface area (Å²) in [5.74, 6) is -0.965. The molecule has 1 atom stereocenters. The first kappa shape index (κ1) is 19.9. The van der Waals surface area contributed by atoms with E-state index in [0.717, 1.165) is 18.5 Å². The minimum atomic E-state index is -0.394. The quantitative estimate of drug-likeness (QED) is 0.811. The molecule has 2 aromatic rings. The van der Waals surface area contributed by atoms with Crippen LogP contribution in [0.1, 0.15) is 23.2 Å². The summed E-state index contributed by atoms with van der Waals surface area (Å²) in [6, 6.07) is 15.9. The number of halogens is 1. The van der Waals surface area contributed by atoms with Crippen molar-refractivity contribution < 1.29 is 14.4 Å². The second-order valence-corrected chi connectivity index (χ2v) is 7.10. The number of anilines is 1. The van der Waals surface area contributed by atoms with Crippen LogP contribution < -0.4 is 10.6 Å². The van der Waals surface area contributed by atoms with Gasteiger partial charge in [0.15, 0.2) is 0 Å². The molecule has 1 saturated heterocycles. The molecule has 2 N–H and O–H groups in total. The van der Waals surface area contributed by atoms with Crippen molar-refractivity contribution in [3.63, 3.8) is 0 Å². The molecule has 3 rings (SSSR count). The summed E-state index contributed by atoms with van der Waals surface area (Å²) in [6.45, 7) is 0.798. The Morgan fingerprint density at radius 3 is 2.50 bits per heavy atom. The summed E-state index contributed by atoms with van der Waals surface area (Å²) < 4.78 is 0. The fourth-order valence-electron chi connectivity index (χ4n) is 3.19. The number of amides is 3. The number of nitrogens with zero attached hydrogens (tertiary/aromatic N) is 1. The molecule has 28 heavy (non-hydrogen) atoms. The number of para-hydroxylation sites is 1. The van der Waals surface area contributed by atoms with Gasteiger partial charge in [-0.3, -0.25) is 14.4 Å². The van der Waals surface area contributed by atoms with E-state index in [1.807, 2.05) is 30.3 Å². The van der Waals surface area contributed by atoms with E-state index >= 15 is 0 Å². The molecule has 0 bridgehead atoms. The molecule has 1 aliphatic rings. The van der Waals surface area contributed by atoms with Gasteiger partial charge >= 0.3 is 0 Å². The molecular weight excluding hydrogens is 378 g/mol. The van der Waals surface area contributed by atoms with Gasteiger partial charge in [-0.15, -0.1) is 0 Å². The maximum absolute atomic E-state index is 12.5. The third-order valence-electron chi connectivity index (χ3n) is 4.70. The van der Waals surface area contributed by atoms with Crippen LogP contribution in [-0.4, -0.2) is 42.3 Å². The first-order valence-corrected chi connectivity index (χ1v) is 9.59. The molecule has 0 aromatic heterocycles. The number of hydrogen-bond donors (Lipinski definition) is 2. The first-order chi connectivity index (χ1) is 13.5. The highest BCUT2D eigenvalue weighted by Gasteiger charge is 2.28. The monoisotopic (exact) mass is 399 g/mol. The van der Waals surface area contributed by atoms with Crippen LogP contribution in [0.15, 0.2) is 54.6 Å². The second kappa shape index (κ2) is 9.37. The van der Waals surface area contributed by atoms with Gasteiger partial charge in [0.25, 0.3) is 5.91 Å². The number of piperidine rings is 1. The highest BCUT2D eigenvalue weighted by atomic mass is 35.5. The van der Waals surface area contributed by atoms with Crippen LogP contribution in [0.4, 0.5) is 5.69 Å². The van der Waals surface area contributed by atoms with Crippen LogP contribution in [0.5, 0.6) is 0 Å². The van der Waals surface area contributed by atoms with Crippen molar-refractivity contribution in [3.8, 4) is 0 Å². The van der Waals surface area contributed by atoms with Crippen LogP contribution in [0.3, 0.4) is 0 Å². The maximum Gasteiger partial charge on any atom is 0.253 e. The molecule has 146 valence electrons. The highest BCUT2D eigenvalue weighted by Crippen LogP contribution is 2.19. The lowest BCUT2D eigenvalue weighted by molar-refractivity contribution is -0.133. The van der Waals surface area contributed by atoms with Crippen molar-refractivity contribution in [2.45, 2.75) is 12.8 Å². The van der Waals surface area contributed by atoms with E-state index in [-0.39, 0.29) is 24.3 Å². The van der Waals surface area contributed by atoms with Crippen molar-refractivity contribution in [1.29, 1.82) is 0 Å². The third-order valence-corrected chi connectivity index (χ3v) is 5.03. The molecule has 0 spiro atoms. The molecule has 1 fully saturated rings. The largest absolute Gasteiger partial charge is 0.343 e. The van der Waals surface area contributed by atoms with Crippen molar-refractivity contribution in [2.24, 2.45) is 5.92 Å². The van der Waals surface area contributed by atoms with E-state index < -0.39 is 5.91 Å². The second-order valence-electron chi connectivity index (χ2n) is 6.70. The summed E-state index contributed by atoms with van der Waals surface area (Å²) in [5, 5.41) is 5.83.